The van der Waals surface area contributed by atoms with Gasteiger partial charge in [-0.3, -0.25) is 4.79 Å². The molecule has 0 radical (unpaired) electrons. The van der Waals surface area contributed by atoms with E-state index in [1.165, 1.54) is 0 Å². The zero-order chi connectivity index (χ0) is 8.27. The number of primary amides is 1. The van der Waals surface area contributed by atoms with Crippen LogP contribution in [0.3, 0.4) is 0 Å². The van der Waals surface area contributed by atoms with Gasteiger partial charge in [0.25, 0.3) is 5.91 Å². The fraction of sp³-hybridized carbons (Fsp3) is 0. The van der Waals surface area contributed by atoms with Crippen molar-refractivity contribution in [2.45, 2.75) is 0 Å². The maximum Gasteiger partial charge on any atom is 0.272 e. The summed E-state index contributed by atoms with van der Waals surface area (Å²) in [7, 11) is 0. The summed E-state index contributed by atoms with van der Waals surface area (Å²) < 4.78 is 0. The standard InChI is InChI=1S/C6H7N3O2/c7-6(10)5(9-11)4-2-1-3-8-4/h1-3,8,11H,(H2,7,10). The van der Waals surface area contributed by atoms with Crippen molar-refractivity contribution in [3.8, 4) is 0 Å². The van der Waals surface area contributed by atoms with Gasteiger partial charge in [-0.2, -0.15) is 0 Å². The molecule has 0 spiro atoms. The van der Waals surface area contributed by atoms with Crippen molar-refractivity contribution >= 4 is 11.6 Å². The summed E-state index contributed by atoms with van der Waals surface area (Å²) in [5.74, 6) is -0.769. The van der Waals surface area contributed by atoms with Gasteiger partial charge in [0, 0.05) is 6.20 Å². The number of rotatable bonds is 2. The Kier molecular flexibility index (Phi) is 1.91. The Hall–Kier alpha value is -1.78. The van der Waals surface area contributed by atoms with Crippen LogP contribution in [0.2, 0.25) is 0 Å². The summed E-state index contributed by atoms with van der Waals surface area (Å²) in [5.41, 5.74) is 5.12. The average Bonchev–Trinajstić information content (AvgIpc) is 2.40. The third-order valence-corrected chi connectivity index (χ3v) is 1.19. The highest BCUT2D eigenvalue weighted by atomic mass is 16.4. The molecule has 0 bridgehead atoms. The van der Waals surface area contributed by atoms with E-state index in [2.05, 4.69) is 10.1 Å². The van der Waals surface area contributed by atoms with Crippen LogP contribution < -0.4 is 5.73 Å². The van der Waals surface area contributed by atoms with Crippen LogP contribution in [0.4, 0.5) is 0 Å². The van der Waals surface area contributed by atoms with Gasteiger partial charge >= 0.3 is 0 Å². The Morgan fingerprint density at radius 2 is 2.45 bits per heavy atom. The maximum atomic E-state index is 10.5. The van der Waals surface area contributed by atoms with E-state index in [4.69, 9.17) is 10.9 Å². The molecule has 0 fully saturated rings. The van der Waals surface area contributed by atoms with Gasteiger partial charge < -0.3 is 15.9 Å². The zero-order valence-electron chi connectivity index (χ0n) is 5.61. The fourth-order valence-corrected chi connectivity index (χ4v) is 0.714. The summed E-state index contributed by atoms with van der Waals surface area (Å²) >= 11 is 0. The number of nitrogens with two attached hydrogens (primary N) is 1. The van der Waals surface area contributed by atoms with Crippen LogP contribution in [-0.4, -0.2) is 21.8 Å². The number of H-pyrrole nitrogens is 1. The van der Waals surface area contributed by atoms with Crippen molar-refractivity contribution in [3.05, 3.63) is 24.0 Å². The van der Waals surface area contributed by atoms with E-state index in [9.17, 15) is 4.79 Å². The van der Waals surface area contributed by atoms with Gasteiger partial charge in [0.2, 0.25) is 0 Å². The van der Waals surface area contributed by atoms with Gasteiger partial charge in [0.15, 0.2) is 5.71 Å². The number of aromatic nitrogens is 1. The molecule has 1 amide bonds. The topological polar surface area (TPSA) is 91.5 Å². The molecule has 1 rings (SSSR count). The molecule has 0 saturated carbocycles. The molecule has 0 aliphatic carbocycles. The molecule has 1 aromatic rings. The first kappa shape index (κ1) is 7.33. The van der Waals surface area contributed by atoms with Crippen LogP contribution in [0.15, 0.2) is 23.5 Å². The van der Waals surface area contributed by atoms with Gasteiger partial charge in [0.05, 0.1) is 5.69 Å². The van der Waals surface area contributed by atoms with E-state index in [0.717, 1.165) is 0 Å². The predicted molar refractivity (Wildman–Crippen MR) is 38.3 cm³/mol. The number of nitrogens with one attached hydrogen (secondary N) is 1. The van der Waals surface area contributed by atoms with Crippen LogP contribution in [0, 0.1) is 0 Å². The van der Waals surface area contributed by atoms with Crippen LogP contribution in [0.25, 0.3) is 0 Å². The second kappa shape index (κ2) is 2.87. The molecule has 11 heavy (non-hydrogen) atoms. The summed E-state index contributed by atoms with van der Waals surface area (Å²) in [4.78, 5) is 13.2. The quantitative estimate of drug-likeness (QED) is 0.308. The molecular formula is C6H7N3O2. The maximum absolute atomic E-state index is 10.5. The molecule has 0 unspecified atom stereocenters. The minimum absolute atomic E-state index is 0.171. The lowest BCUT2D eigenvalue weighted by Crippen LogP contribution is -2.24. The Balaban J connectivity index is 2.99. The van der Waals surface area contributed by atoms with Crippen molar-refractivity contribution in [2.24, 2.45) is 10.9 Å². The van der Waals surface area contributed by atoms with Crippen LogP contribution in [0.5, 0.6) is 0 Å². The second-order valence-electron chi connectivity index (χ2n) is 1.90. The monoisotopic (exact) mass is 153 g/mol. The van der Waals surface area contributed by atoms with Crippen molar-refractivity contribution < 1.29 is 10.0 Å². The first-order valence-corrected chi connectivity index (χ1v) is 2.91. The highest BCUT2D eigenvalue weighted by Gasteiger charge is 2.10. The van der Waals surface area contributed by atoms with E-state index < -0.39 is 5.91 Å². The Morgan fingerprint density at radius 1 is 1.73 bits per heavy atom. The summed E-state index contributed by atoms with van der Waals surface area (Å²) in [6.45, 7) is 0. The molecule has 1 aromatic heterocycles. The number of oxime groups is 1. The molecule has 0 atom stereocenters. The van der Waals surface area contributed by atoms with Crippen LogP contribution in [-0.2, 0) is 4.79 Å². The Bertz CT molecular complexity index is 276. The molecular weight excluding hydrogens is 146 g/mol. The SMILES string of the molecule is NC(=O)C(=NO)c1ccc[nH]1. The third kappa shape index (κ3) is 1.37. The first-order valence-electron chi connectivity index (χ1n) is 2.91. The Morgan fingerprint density at radius 3 is 2.82 bits per heavy atom. The predicted octanol–water partition coefficient (Wildman–Crippen LogP) is -0.322. The summed E-state index contributed by atoms with van der Waals surface area (Å²) in [6.07, 6.45) is 1.60. The van der Waals surface area contributed by atoms with Gasteiger partial charge in [0.1, 0.15) is 0 Å². The lowest BCUT2D eigenvalue weighted by molar-refractivity contribution is -0.112. The largest absolute Gasteiger partial charge is 0.410 e. The highest BCUT2D eigenvalue weighted by molar-refractivity contribution is 6.44. The molecule has 1 heterocycles. The average molecular weight is 153 g/mol. The lowest BCUT2D eigenvalue weighted by atomic mass is 10.3. The number of aromatic amines is 1. The fourth-order valence-electron chi connectivity index (χ4n) is 0.714. The molecule has 0 saturated heterocycles. The summed E-state index contributed by atoms with van der Waals surface area (Å²) in [5, 5.41) is 11.1. The Labute approximate surface area is 62.5 Å². The van der Waals surface area contributed by atoms with Crippen LogP contribution >= 0.6 is 0 Å². The molecule has 5 nitrogen and oxygen atoms in total. The lowest BCUT2D eigenvalue weighted by Gasteiger charge is -1.93. The number of hydrogen-bond acceptors (Lipinski definition) is 3. The van der Waals surface area contributed by atoms with Gasteiger partial charge in [-0.05, 0) is 12.1 Å². The van der Waals surface area contributed by atoms with Crippen molar-refractivity contribution in [2.75, 3.05) is 0 Å². The number of hydrogen-bond donors (Lipinski definition) is 3. The number of nitrogens with zero attached hydrogens (tertiary/aromatic N) is 1. The molecule has 0 aromatic carbocycles. The van der Waals surface area contributed by atoms with E-state index >= 15 is 0 Å². The molecule has 0 aliphatic rings. The van der Waals surface area contributed by atoms with Crippen molar-refractivity contribution in [1.82, 2.24) is 4.98 Å². The molecule has 0 aliphatic heterocycles. The highest BCUT2D eigenvalue weighted by Crippen LogP contribution is 1.96. The normalized spacial score (nSPS) is 11.5. The third-order valence-electron chi connectivity index (χ3n) is 1.19. The number of carbonyl (C=O) groups is 1. The second-order valence-corrected chi connectivity index (χ2v) is 1.90. The number of amides is 1. The van der Waals surface area contributed by atoms with E-state index in [1.54, 1.807) is 18.3 Å². The minimum atomic E-state index is -0.769. The molecule has 58 valence electrons. The van der Waals surface area contributed by atoms with E-state index in [0.29, 0.717) is 5.69 Å². The van der Waals surface area contributed by atoms with Crippen molar-refractivity contribution in [3.63, 3.8) is 0 Å². The van der Waals surface area contributed by atoms with Gasteiger partial charge in [-0.15, -0.1) is 0 Å². The first-order chi connectivity index (χ1) is 5.25. The number of carbonyl (C=O) groups excluding carboxylic acids is 1. The minimum Gasteiger partial charge on any atom is -0.410 e. The summed E-state index contributed by atoms with van der Waals surface area (Å²) in [6, 6.07) is 3.25. The van der Waals surface area contributed by atoms with Gasteiger partial charge in [-0.25, -0.2) is 0 Å². The van der Waals surface area contributed by atoms with E-state index in [1.807, 2.05) is 0 Å². The molecule has 5 heteroatoms. The zero-order valence-corrected chi connectivity index (χ0v) is 5.61. The van der Waals surface area contributed by atoms with Crippen LogP contribution in [0.1, 0.15) is 5.69 Å². The molecule has 4 N–H and O–H groups in total. The van der Waals surface area contributed by atoms with E-state index in [-0.39, 0.29) is 5.71 Å². The van der Waals surface area contributed by atoms with Gasteiger partial charge in [-0.1, -0.05) is 5.16 Å². The van der Waals surface area contributed by atoms with Crippen molar-refractivity contribution in [1.29, 1.82) is 0 Å². The smallest absolute Gasteiger partial charge is 0.272 e.